The number of benzene rings is 1. The fourth-order valence-electron chi connectivity index (χ4n) is 1.01. The summed E-state index contributed by atoms with van der Waals surface area (Å²) in [5, 5.41) is 8.73. The molecule has 2 aromatic rings. The maximum atomic E-state index is 12.6. The molecule has 0 atom stereocenters. The lowest BCUT2D eigenvalue weighted by molar-refractivity contribution is 0.276. The topological polar surface area (TPSA) is 55.5 Å². The second-order valence-corrected chi connectivity index (χ2v) is 2.82. The van der Waals surface area contributed by atoms with Gasteiger partial charge >= 0.3 is 6.08 Å². The van der Waals surface area contributed by atoms with Gasteiger partial charge in [0, 0.05) is 0 Å². The first kappa shape index (κ1) is 9.67. The van der Waals surface area contributed by atoms with Crippen molar-refractivity contribution in [3.05, 3.63) is 42.0 Å². The molecule has 0 radical (unpaired) electrons. The molecule has 78 valence electrons. The average Bonchev–Trinajstić information content (AvgIpc) is 2.69. The second-order valence-electron chi connectivity index (χ2n) is 2.82. The zero-order valence-corrected chi connectivity index (χ0v) is 7.68. The summed E-state index contributed by atoms with van der Waals surface area (Å²) in [6, 6.07) is 5.45. The first-order chi connectivity index (χ1) is 7.28. The molecule has 0 fully saturated rings. The Bertz CT molecular complexity index is 438. The summed E-state index contributed by atoms with van der Waals surface area (Å²) in [5.41, 5.74) is 0.382. The molecule has 0 bridgehead atoms. The van der Waals surface area contributed by atoms with Crippen LogP contribution in [0.15, 0.2) is 34.9 Å². The van der Waals surface area contributed by atoms with Gasteiger partial charge < -0.3 is 14.3 Å². The van der Waals surface area contributed by atoms with E-state index in [4.69, 9.17) is 14.3 Å². The summed E-state index contributed by atoms with van der Waals surface area (Å²) in [7, 11) is 0. The molecule has 0 spiro atoms. The molecule has 0 aliphatic rings. The Morgan fingerprint density at radius 2 is 2.07 bits per heavy atom. The van der Waals surface area contributed by atoms with Gasteiger partial charge in [0.2, 0.25) is 0 Å². The van der Waals surface area contributed by atoms with Gasteiger partial charge in [-0.2, -0.15) is 4.98 Å². The number of halogens is 1. The van der Waals surface area contributed by atoms with Crippen molar-refractivity contribution in [2.75, 3.05) is 0 Å². The Kier molecular flexibility index (Phi) is 2.64. The largest absolute Gasteiger partial charge is 0.417 e. The summed E-state index contributed by atoms with van der Waals surface area (Å²) in [6.07, 6.45) is 1.31. The maximum Gasteiger partial charge on any atom is 0.399 e. The van der Waals surface area contributed by atoms with Crippen LogP contribution in [0.3, 0.4) is 0 Å². The molecule has 15 heavy (non-hydrogen) atoms. The van der Waals surface area contributed by atoms with Gasteiger partial charge in [0.1, 0.15) is 23.5 Å². The molecular formula is C10H8FNO3. The van der Waals surface area contributed by atoms with Crippen molar-refractivity contribution in [3.63, 3.8) is 0 Å². The van der Waals surface area contributed by atoms with Crippen LogP contribution < -0.4 is 4.74 Å². The minimum atomic E-state index is -0.342. The highest BCUT2D eigenvalue weighted by Gasteiger charge is 2.05. The zero-order chi connectivity index (χ0) is 10.7. The van der Waals surface area contributed by atoms with Crippen LogP contribution in [0.2, 0.25) is 0 Å². The van der Waals surface area contributed by atoms with Gasteiger partial charge in [0.15, 0.2) is 0 Å². The van der Waals surface area contributed by atoms with E-state index in [1.54, 1.807) is 0 Å². The van der Waals surface area contributed by atoms with Gasteiger partial charge in [0.25, 0.3) is 0 Å². The van der Waals surface area contributed by atoms with Crippen molar-refractivity contribution in [1.29, 1.82) is 0 Å². The van der Waals surface area contributed by atoms with Crippen LogP contribution in [0, 0.1) is 5.82 Å². The van der Waals surface area contributed by atoms with Crippen molar-refractivity contribution in [2.45, 2.75) is 6.61 Å². The Balaban J connectivity index is 2.11. The van der Waals surface area contributed by atoms with Crippen molar-refractivity contribution >= 4 is 0 Å². The summed E-state index contributed by atoms with van der Waals surface area (Å²) in [4.78, 5) is 3.81. The third-order valence-corrected chi connectivity index (χ3v) is 1.71. The van der Waals surface area contributed by atoms with Crippen LogP contribution in [0.5, 0.6) is 11.8 Å². The molecule has 2 rings (SSSR count). The molecule has 1 aromatic carbocycles. The molecule has 0 amide bonds. The minimum absolute atomic E-state index is 0.0191. The molecule has 4 nitrogen and oxygen atoms in total. The SMILES string of the molecule is OCc1coc(Oc2ccc(F)cc2)n1. The van der Waals surface area contributed by atoms with Crippen LogP contribution in [0.1, 0.15) is 5.69 Å². The Morgan fingerprint density at radius 1 is 1.33 bits per heavy atom. The molecule has 1 heterocycles. The fraction of sp³-hybridized carbons (Fsp3) is 0.100. The molecule has 1 aromatic heterocycles. The molecule has 0 saturated heterocycles. The average molecular weight is 209 g/mol. The number of aliphatic hydroxyl groups excluding tert-OH is 1. The van der Waals surface area contributed by atoms with Gasteiger partial charge in [-0.15, -0.1) is 0 Å². The van der Waals surface area contributed by atoms with Crippen LogP contribution >= 0.6 is 0 Å². The first-order valence-electron chi connectivity index (χ1n) is 4.26. The third kappa shape index (κ3) is 2.32. The van der Waals surface area contributed by atoms with Gasteiger partial charge in [0.05, 0.1) is 6.61 Å². The van der Waals surface area contributed by atoms with E-state index in [1.165, 1.54) is 30.5 Å². The van der Waals surface area contributed by atoms with E-state index in [0.29, 0.717) is 11.4 Å². The van der Waals surface area contributed by atoms with Crippen molar-refractivity contribution in [3.8, 4) is 11.8 Å². The van der Waals surface area contributed by atoms with Gasteiger partial charge in [-0.05, 0) is 24.3 Å². The fourth-order valence-corrected chi connectivity index (χ4v) is 1.01. The molecule has 5 heteroatoms. The quantitative estimate of drug-likeness (QED) is 0.840. The summed E-state index contributed by atoms with van der Waals surface area (Å²) < 4.78 is 22.6. The van der Waals surface area contributed by atoms with E-state index >= 15 is 0 Å². The highest BCUT2D eigenvalue weighted by atomic mass is 19.1. The highest BCUT2D eigenvalue weighted by molar-refractivity contribution is 5.24. The lowest BCUT2D eigenvalue weighted by Crippen LogP contribution is -1.86. The predicted molar refractivity (Wildman–Crippen MR) is 48.9 cm³/mol. The van der Waals surface area contributed by atoms with Crippen LogP contribution in [-0.2, 0) is 6.61 Å². The van der Waals surface area contributed by atoms with Gasteiger partial charge in [-0.1, -0.05) is 0 Å². The number of oxazole rings is 1. The number of rotatable bonds is 3. The molecule has 0 aliphatic heterocycles. The first-order valence-corrected chi connectivity index (χ1v) is 4.26. The van der Waals surface area contributed by atoms with Crippen molar-refractivity contribution < 1.29 is 18.7 Å². The number of aromatic nitrogens is 1. The van der Waals surface area contributed by atoms with E-state index in [1.807, 2.05) is 0 Å². The maximum absolute atomic E-state index is 12.6. The normalized spacial score (nSPS) is 10.3. The second kappa shape index (κ2) is 4.10. The smallest absolute Gasteiger partial charge is 0.399 e. The number of hydrogen-bond donors (Lipinski definition) is 1. The summed E-state index contributed by atoms with van der Waals surface area (Å²) in [5.74, 6) is 0.0774. The lowest BCUT2D eigenvalue weighted by Gasteiger charge is -1.98. The number of hydrogen-bond acceptors (Lipinski definition) is 4. The van der Waals surface area contributed by atoms with E-state index in [-0.39, 0.29) is 18.5 Å². The van der Waals surface area contributed by atoms with E-state index in [2.05, 4.69) is 4.98 Å². The molecule has 0 unspecified atom stereocenters. The number of aliphatic hydroxyl groups is 1. The van der Waals surface area contributed by atoms with E-state index in [0.717, 1.165) is 0 Å². The van der Waals surface area contributed by atoms with E-state index in [9.17, 15) is 4.39 Å². The van der Waals surface area contributed by atoms with Gasteiger partial charge in [-0.25, -0.2) is 4.39 Å². The standard InChI is InChI=1S/C10H8FNO3/c11-7-1-3-9(4-2-7)15-10-12-8(5-13)6-14-10/h1-4,6,13H,5H2. The van der Waals surface area contributed by atoms with Crippen molar-refractivity contribution in [2.24, 2.45) is 0 Å². The number of nitrogens with zero attached hydrogens (tertiary/aromatic N) is 1. The Labute approximate surface area is 84.9 Å². The van der Waals surface area contributed by atoms with Gasteiger partial charge in [-0.3, -0.25) is 0 Å². The summed E-state index contributed by atoms with van der Waals surface area (Å²) in [6.45, 7) is -0.212. The minimum Gasteiger partial charge on any atom is -0.417 e. The molecule has 0 aliphatic carbocycles. The monoisotopic (exact) mass is 209 g/mol. The number of ether oxygens (including phenoxy) is 1. The Hall–Kier alpha value is -1.88. The highest BCUT2D eigenvalue weighted by Crippen LogP contribution is 2.20. The lowest BCUT2D eigenvalue weighted by atomic mass is 10.3. The van der Waals surface area contributed by atoms with E-state index < -0.39 is 0 Å². The summed E-state index contributed by atoms with van der Waals surface area (Å²) >= 11 is 0. The third-order valence-electron chi connectivity index (χ3n) is 1.71. The Morgan fingerprint density at radius 3 is 2.67 bits per heavy atom. The van der Waals surface area contributed by atoms with Crippen LogP contribution in [0.25, 0.3) is 0 Å². The molecule has 0 saturated carbocycles. The van der Waals surface area contributed by atoms with Crippen LogP contribution in [-0.4, -0.2) is 10.1 Å². The zero-order valence-electron chi connectivity index (χ0n) is 7.68. The van der Waals surface area contributed by atoms with Crippen molar-refractivity contribution in [1.82, 2.24) is 4.98 Å². The molecular weight excluding hydrogens is 201 g/mol. The van der Waals surface area contributed by atoms with Crippen LogP contribution in [0.4, 0.5) is 4.39 Å². The molecule has 1 N–H and O–H groups in total. The predicted octanol–water partition coefficient (Wildman–Crippen LogP) is 2.10.